The number of hydrogen-bond acceptors (Lipinski definition) is 5. The number of hydrogen-bond donors (Lipinski definition) is 2. The van der Waals surface area contributed by atoms with Crippen molar-refractivity contribution in [1.82, 2.24) is 30.3 Å². The number of rotatable bonds is 4. The maximum atomic E-state index is 12.8. The minimum atomic E-state index is -0.192. The second-order valence-electron chi connectivity index (χ2n) is 6.94. The average Bonchev–Trinajstić information content (AvgIpc) is 2.94. The summed E-state index contributed by atoms with van der Waals surface area (Å²) < 4.78 is 2.07. The van der Waals surface area contributed by atoms with Crippen molar-refractivity contribution >= 4 is 35.0 Å². The van der Waals surface area contributed by atoms with Gasteiger partial charge < -0.3 is 20.1 Å². The number of likely N-dealkylation sites (tertiary alicyclic amines) is 1. The Hall–Kier alpha value is -1.35. The SMILES string of the molecule is CSc1nnc(CC2CCN(C(=O)[C@@H]3C[C@@H](C)NC(=S)N3)CC2)n1C. The highest BCUT2D eigenvalue weighted by atomic mass is 32.2. The van der Waals surface area contributed by atoms with Crippen molar-refractivity contribution in [2.45, 2.75) is 49.8 Å². The van der Waals surface area contributed by atoms with E-state index in [1.165, 1.54) is 0 Å². The van der Waals surface area contributed by atoms with Crippen molar-refractivity contribution in [3.8, 4) is 0 Å². The number of piperidine rings is 1. The summed E-state index contributed by atoms with van der Waals surface area (Å²) in [7, 11) is 2.02. The van der Waals surface area contributed by atoms with Crippen molar-refractivity contribution < 1.29 is 4.79 Å². The molecule has 3 heterocycles. The number of carbonyl (C=O) groups excluding carboxylic acids is 1. The van der Waals surface area contributed by atoms with E-state index in [0.29, 0.717) is 11.0 Å². The van der Waals surface area contributed by atoms with E-state index >= 15 is 0 Å². The molecule has 0 bridgehead atoms. The van der Waals surface area contributed by atoms with Gasteiger partial charge in [0.1, 0.15) is 11.9 Å². The molecule has 2 atom stereocenters. The molecule has 2 aliphatic heterocycles. The van der Waals surface area contributed by atoms with Gasteiger partial charge in [-0.2, -0.15) is 0 Å². The molecule has 0 saturated carbocycles. The smallest absolute Gasteiger partial charge is 0.245 e. The molecule has 25 heavy (non-hydrogen) atoms. The second kappa shape index (κ2) is 7.90. The van der Waals surface area contributed by atoms with Crippen LogP contribution in [0.15, 0.2) is 5.16 Å². The van der Waals surface area contributed by atoms with Gasteiger partial charge in [0.25, 0.3) is 0 Å². The number of carbonyl (C=O) groups is 1. The normalized spacial score (nSPS) is 24.8. The Morgan fingerprint density at radius 2 is 2.04 bits per heavy atom. The largest absolute Gasteiger partial charge is 0.360 e. The molecule has 9 heteroatoms. The Kier molecular flexibility index (Phi) is 5.83. The highest BCUT2D eigenvalue weighted by molar-refractivity contribution is 7.98. The van der Waals surface area contributed by atoms with Crippen LogP contribution >= 0.6 is 24.0 Å². The zero-order valence-corrected chi connectivity index (χ0v) is 16.6. The Morgan fingerprint density at radius 1 is 1.32 bits per heavy atom. The molecule has 1 aromatic rings. The van der Waals surface area contributed by atoms with Crippen LogP contribution in [0.1, 0.15) is 32.0 Å². The first-order valence-electron chi connectivity index (χ1n) is 8.76. The lowest BCUT2D eigenvalue weighted by Gasteiger charge is -2.37. The molecule has 0 unspecified atom stereocenters. The lowest BCUT2D eigenvalue weighted by Crippen LogP contribution is -2.59. The lowest BCUT2D eigenvalue weighted by molar-refractivity contribution is -0.135. The lowest BCUT2D eigenvalue weighted by atomic mass is 9.92. The fourth-order valence-electron chi connectivity index (χ4n) is 3.59. The number of aromatic nitrogens is 3. The number of thiocarbonyl (C=S) groups is 1. The van der Waals surface area contributed by atoms with E-state index in [1.807, 2.05) is 18.2 Å². The highest BCUT2D eigenvalue weighted by Gasteiger charge is 2.32. The number of amides is 1. The van der Waals surface area contributed by atoms with Gasteiger partial charge in [0, 0.05) is 32.6 Å². The molecular formula is C16H26N6OS2. The fourth-order valence-corrected chi connectivity index (χ4v) is 4.44. The Labute approximate surface area is 158 Å². The first kappa shape index (κ1) is 18.4. The molecule has 0 aromatic carbocycles. The predicted octanol–water partition coefficient (Wildman–Crippen LogP) is 0.943. The van der Waals surface area contributed by atoms with E-state index in [-0.39, 0.29) is 18.0 Å². The van der Waals surface area contributed by atoms with Crippen LogP contribution in [0.5, 0.6) is 0 Å². The van der Waals surface area contributed by atoms with E-state index < -0.39 is 0 Å². The third-order valence-electron chi connectivity index (χ3n) is 5.08. The van der Waals surface area contributed by atoms with Crippen molar-refractivity contribution in [3.63, 3.8) is 0 Å². The van der Waals surface area contributed by atoms with Gasteiger partial charge in [0.15, 0.2) is 10.3 Å². The maximum absolute atomic E-state index is 12.8. The van der Waals surface area contributed by atoms with Crippen LogP contribution in [0.3, 0.4) is 0 Å². The molecule has 3 rings (SSSR count). The van der Waals surface area contributed by atoms with Gasteiger partial charge >= 0.3 is 0 Å². The van der Waals surface area contributed by atoms with Gasteiger partial charge in [0.05, 0.1) is 0 Å². The molecule has 2 fully saturated rings. The topological polar surface area (TPSA) is 75.1 Å². The first-order chi connectivity index (χ1) is 12.0. The van der Waals surface area contributed by atoms with Crippen LogP contribution in [0.2, 0.25) is 0 Å². The van der Waals surface area contributed by atoms with Crippen molar-refractivity contribution in [2.24, 2.45) is 13.0 Å². The van der Waals surface area contributed by atoms with Crippen LogP contribution in [0, 0.1) is 5.92 Å². The van der Waals surface area contributed by atoms with Crippen LogP contribution in [-0.4, -0.2) is 62.1 Å². The quantitative estimate of drug-likeness (QED) is 0.593. The van der Waals surface area contributed by atoms with E-state index in [1.54, 1.807) is 11.8 Å². The van der Waals surface area contributed by atoms with E-state index in [4.69, 9.17) is 12.2 Å². The average molecular weight is 383 g/mol. The highest BCUT2D eigenvalue weighted by Crippen LogP contribution is 2.23. The third kappa shape index (κ3) is 4.25. The summed E-state index contributed by atoms with van der Waals surface area (Å²) in [5.41, 5.74) is 0. The second-order valence-corrected chi connectivity index (χ2v) is 8.12. The molecule has 1 amide bonds. The predicted molar refractivity (Wildman–Crippen MR) is 103 cm³/mol. The van der Waals surface area contributed by atoms with Gasteiger partial charge in [-0.25, -0.2) is 0 Å². The molecule has 2 N–H and O–H groups in total. The standard InChI is InChI=1S/C16H26N6OS2/c1-10-8-12(18-15(24)17-10)14(23)22-6-4-11(5-7-22)9-13-19-20-16(25-3)21(13)2/h10-12H,4-9H2,1-3H3,(H2,17,18,24)/t10-,12+/m1/s1. The summed E-state index contributed by atoms with van der Waals surface area (Å²) in [5, 5.41) is 16.3. The summed E-state index contributed by atoms with van der Waals surface area (Å²) in [6, 6.07) is 0.0463. The van der Waals surface area contributed by atoms with Crippen LogP contribution < -0.4 is 10.6 Å². The zero-order valence-electron chi connectivity index (χ0n) is 15.0. The third-order valence-corrected chi connectivity index (χ3v) is 6.03. The maximum Gasteiger partial charge on any atom is 0.245 e. The van der Waals surface area contributed by atoms with Crippen LogP contribution in [0.4, 0.5) is 0 Å². The Balaban J connectivity index is 1.52. The summed E-state index contributed by atoms with van der Waals surface area (Å²) in [5.74, 6) is 1.77. The zero-order chi connectivity index (χ0) is 18.0. The monoisotopic (exact) mass is 382 g/mol. The molecular weight excluding hydrogens is 356 g/mol. The van der Waals surface area contributed by atoms with Gasteiger partial charge in [0.2, 0.25) is 5.91 Å². The molecule has 1 aromatic heterocycles. The number of thioether (sulfide) groups is 1. The fraction of sp³-hybridized carbons (Fsp3) is 0.750. The van der Waals surface area contributed by atoms with E-state index in [9.17, 15) is 4.79 Å². The van der Waals surface area contributed by atoms with E-state index in [0.717, 1.165) is 49.8 Å². The van der Waals surface area contributed by atoms with Crippen LogP contribution in [0.25, 0.3) is 0 Å². The van der Waals surface area contributed by atoms with Gasteiger partial charge in [-0.15, -0.1) is 10.2 Å². The van der Waals surface area contributed by atoms with Crippen molar-refractivity contribution in [2.75, 3.05) is 19.3 Å². The molecule has 2 aliphatic rings. The molecule has 2 saturated heterocycles. The molecule has 0 radical (unpaired) electrons. The van der Waals surface area contributed by atoms with Gasteiger partial charge in [-0.05, 0) is 50.6 Å². The molecule has 138 valence electrons. The minimum Gasteiger partial charge on any atom is -0.360 e. The number of nitrogens with one attached hydrogen (secondary N) is 2. The van der Waals surface area contributed by atoms with Crippen molar-refractivity contribution in [3.05, 3.63) is 5.82 Å². The van der Waals surface area contributed by atoms with E-state index in [2.05, 4.69) is 32.3 Å². The van der Waals surface area contributed by atoms with Gasteiger partial charge in [-0.1, -0.05) is 11.8 Å². The number of nitrogens with zero attached hydrogens (tertiary/aromatic N) is 4. The summed E-state index contributed by atoms with van der Waals surface area (Å²) in [6.07, 6.45) is 5.74. The summed E-state index contributed by atoms with van der Waals surface area (Å²) >= 11 is 6.80. The van der Waals surface area contributed by atoms with Crippen LogP contribution in [-0.2, 0) is 18.3 Å². The first-order valence-corrected chi connectivity index (χ1v) is 10.4. The summed E-state index contributed by atoms with van der Waals surface area (Å²) in [6.45, 7) is 3.68. The Bertz CT molecular complexity index is 641. The summed E-state index contributed by atoms with van der Waals surface area (Å²) in [4.78, 5) is 14.7. The molecule has 0 spiro atoms. The van der Waals surface area contributed by atoms with Gasteiger partial charge in [-0.3, -0.25) is 4.79 Å². The Morgan fingerprint density at radius 3 is 2.64 bits per heavy atom. The molecule has 7 nitrogen and oxygen atoms in total. The molecule has 0 aliphatic carbocycles. The van der Waals surface area contributed by atoms with Crippen molar-refractivity contribution in [1.29, 1.82) is 0 Å². The minimum absolute atomic E-state index is 0.178.